The van der Waals surface area contributed by atoms with E-state index < -0.39 is 18.2 Å². The number of imidazole rings is 1. The number of hydrogen-bond donors (Lipinski definition) is 1. The molecule has 2 heterocycles. The molecule has 0 radical (unpaired) electrons. The number of aliphatic carboxylic acids is 1. The molecule has 38 heavy (non-hydrogen) atoms. The van der Waals surface area contributed by atoms with Gasteiger partial charge in [-0.25, -0.2) is 4.98 Å². The minimum atomic E-state index is -4.77. The Morgan fingerprint density at radius 1 is 1.08 bits per heavy atom. The molecule has 4 aromatic rings. The number of nitrogens with zero attached hydrogens (tertiary/aromatic N) is 4. The van der Waals surface area contributed by atoms with Crippen LogP contribution in [-0.4, -0.2) is 36.8 Å². The number of carbonyl (C=O) groups is 1. The minimum absolute atomic E-state index is 0.276. The normalized spacial score (nSPS) is 18.0. The quantitative estimate of drug-likeness (QED) is 0.318. The fraction of sp³-hybridized carbons (Fsp3) is 0.370. The number of rotatable bonds is 8. The lowest BCUT2D eigenvalue weighted by molar-refractivity contribution is -0.274. The molecule has 0 spiro atoms. The minimum Gasteiger partial charge on any atom is -0.487 e. The van der Waals surface area contributed by atoms with E-state index in [4.69, 9.17) is 9.72 Å². The summed E-state index contributed by atoms with van der Waals surface area (Å²) in [6.07, 6.45) is 0.0806. The van der Waals surface area contributed by atoms with Crippen molar-refractivity contribution in [2.75, 3.05) is 0 Å². The lowest BCUT2D eigenvalue weighted by Gasteiger charge is -2.28. The van der Waals surface area contributed by atoms with Gasteiger partial charge in [0.2, 0.25) is 0 Å². The average Bonchev–Trinajstić information content (AvgIpc) is 3.46. The van der Waals surface area contributed by atoms with Crippen molar-refractivity contribution >= 4 is 17.0 Å². The summed E-state index contributed by atoms with van der Waals surface area (Å²) in [5.41, 5.74) is 2.94. The molecular weight excluding hydrogens is 501 g/mol. The first-order valence-electron chi connectivity index (χ1n) is 12.4. The van der Waals surface area contributed by atoms with Crippen molar-refractivity contribution in [1.29, 1.82) is 0 Å². The van der Waals surface area contributed by atoms with Gasteiger partial charge in [0.1, 0.15) is 23.9 Å². The molecule has 0 saturated heterocycles. The summed E-state index contributed by atoms with van der Waals surface area (Å²) in [5.74, 6) is -0.726. The van der Waals surface area contributed by atoms with Gasteiger partial charge in [0.15, 0.2) is 0 Å². The molecule has 2 aromatic heterocycles. The van der Waals surface area contributed by atoms with Crippen LogP contribution in [0.1, 0.15) is 48.7 Å². The number of hydrogen-bond acceptors (Lipinski definition) is 5. The van der Waals surface area contributed by atoms with E-state index >= 15 is 0 Å². The van der Waals surface area contributed by atoms with Crippen molar-refractivity contribution in [3.63, 3.8) is 0 Å². The van der Waals surface area contributed by atoms with E-state index in [1.54, 1.807) is 16.8 Å². The Kier molecular flexibility index (Phi) is 7.00. The maximum Gasteiger partial charge on any atom is 0.573 e. The number of aromatic nitrogens is 4. The van der Waals surface area contributed by atoms with Crippen LogP contribution in [0.3, 0.4) is 0 Å². The number of halogens is 3. The largest absolute Gasteiger partial charge is 0.573 e. The molecule has 1 saturated carbocycles. The summed E-state index contributed by atoms with van der Waals surface area (Å²) < 4.78 is 51.4. The van der Waals surface area contributed by atoms with Crippen LogP contribution >= 0.6 is 0 Å². The van der Waals surface area contributed by atoms with Crippen molar-refractivity contribution in [3.05, 3.63) is 71.8 Å². The maximum absolute atomic E-state index is 12.6. The van der Waals surface area contributed by atoms with Gasteiger partial charge < -0.3 is 19.1 Å². The third-order valence-electron chi connectivity index (χ3n) is 6.82. The SMILES string of the molecule is Cn1ccc(COc2ccc3nc([C@@H]4CCCC[C@H]4C(=O)O)n(Cc4ccc(OC(F)(F)F)cc4)c3c2)n1. The molecule has 0 aliphatic heterocycles. The third-order valence-corrected chi connectivity index (χ3v) is 6.82. The van der Waals surface area contributed by atoms with Crippen LogP contribution in [0.15, 0.2) is 54.7 Å². The van der Waals surface area contributed by atoms with Crippen LogP contribution in [0.25, 0.3) is 11.0 Å². The Bertz CT molecular complexity index is 1430. The number of carboxylic acid groups (broad SMARTS) is 1. The Morgan fingerprint density at radius 2 is 1.82 bits per heavy atom. The highest BCUT2D eigenvalue weighted by molar-refractivity contribution is 5.79. The van der Waals surface area contributed by atoms with Crippen LogP contribution in [0, 0.1) is 5.92 Å². The molecule has 2 aromatic carbocycles. The fourth-order valence-corrected chi connectivity index (χ4v) is 5.07. The number of fused-ring (bicyclic) bond motifs is 1. The van der Waals surface area contributed by atoms with Gasteiger partial charge >= 0.3 is 12.3 Å². The first-order chi connectivity index (χ1) is 18.2. The summed E-state index contributed by atoms with van der Waals surface area (Å²) in [7, 11) is 1.83. The molecule has 1 aliphatic carbocycles. The third kappa shape index (κ3) is 5.76. The second-order valence-electron chi connectivity index (χ2n) is 9.50. The lowest BCUT2D eigenvalue weighted by Crippen LogP contribution is -2.27. The van der Waals surface area contributed by atoms with Gasteiger partial charge in [-0.1, -0.05) is 25.0 Å². The van der Waals surface area contributed by atoms with Crippen molar-refractivity contribution in [2.24, 2.45) is 13.0 Å². The highest BCUT2D eigenvalue weighted by atomic mass is 19.4. The predicted molar refractivity (Wildman–Crippen MR) is 132 cm³/mol. The molecule has 2 atom stereocenters. The van der Waals surface area contributed by atoms with E-state index in [9.17, 15) is 23.1 Å². The van der Waals surface area contributed by atoms with E-state index in [0.29, 0.717) is 36.5 Å². The molecule has 1 aliphatic rings. The monoisotopic (exact) mass is 528 g/mol. The van der Waals surface area contributed by atoms with E-state index in [0.717, 1.165) is 29.6 Å². The number of carboxylic acids is 1. The summed E-state index contributed by atoms with van der Waals surface area (Å²) in [6.45, 7) is 0.572. The van der Waals surface area contributed by atoms with Gasteiger partial charge in [0.05, 0.1) is 22.6 Å². The fourth-order valence-electron chi connectivity index (χ4n) is 5.07. The molecule has 0 unspecified atom stereocenters. The Hall–Kier alpha value is -4.02. The second kappa shape index (κ2) is 10.4. The lowest BCUT2D eigenvalue weighted by atomic mass is 9.78. The molecule has 1 fully saturated rings. The highest BCUT2D eigenvalue weighted by Gasteiger charge is 2.35. The van der Waals surface area contributed by atoms with E-state index in [1.807, 2.05) is 42.1 Å². The van der Waals surface area contributed by atoms with Crippen LogP contribution in [0.2, 0.25) is 0 Å². The zero-order valence-corrected chi connectivity index (χ0v) is 20.7. The number of aryl methyl sites for hydroxylation is 1. The summed E-state index contributed by atoms with van der Waals surface area (Å²) in [4.78, 5) is 16.9. The highest BCUT2D eigenvalue weighted by Crippen LogP contribution is 2.39. The van der Waals surface area contributed by atoms with Gasteiger partial charge in [-0.05, 0) is 48.7 Å². The van der Waals surface area contributed by atoms with Crippen LogP contribution in [-0.2, 0) is 25.0 Å². The van der Waals surface area contributed by atoms with Gasteiger partial charge in [0, 0.05) is 31.8 Å². The Morgan fingerprint density at radius 3 is 2.50 bits per heavy atom. The predicted octanol–water partition coefficient (Wildman–Crippen LogP) is 5.65. The number of alkyl halides is 3. The van der Waals surface area contributed by atoms with Crippen LogP contribution in [0.5, 0.6) is 11.5 Å². The molecule has 11 heteroatoms. The molecule has 0 bridgehead atoms. The zero-order chi connectivity index (χ0) is 26.9. The molecule has 5 rings (SSSR count). The van der Waals surface area contributed by atoms with E-state index in [2.05, 4.69) is 9.84 Å². The van der Waals surface area contributed by atoms with Crippen molar-refractivity contribution in [2.45, 2.75) is 51.1 Å². The maximum atomic E-state index is 12.6. The second-order valence-corrected chi connectivity index (χ2v) is 9.50. The number of benzene rings is 2. The van der Waals surface area contributed by atoms with Gasteiger partial charge in [0.25, 0.3) is 0 Å². The van der Waals surface area contributed by atoms with Crippen molar-refractivity contribution < 1.29 is 32.5 Å². The van der Waals surface area contributed by atoms with Gasteiger partial charge in [-0.3, -0.25) is 9.48 Å². The summed E-state index contributed by atoms with van der Waals surface area (Å²) in [6, 6.07) is 13.0. The first kappa shape index (κ1) is 25.6. The zero-order valence-electron chi connectivity index (χ0n) is 20.7. The van der Waals surface area contributed by atoms with E-state index in [1.165, 1.54) is 12.1 Å². The standard InChI is InChI=1S/C27H27F3N4O4/c1-33-13-12-18(32-33)16-37-20-10-11-23-24(14-20)34(15-17-6-8-19(9-7-17)38-27(28,29)30)25(31-23)21-4-2-3-5-22(21)26(35)36/h6-14,21-22H,2-5,15-16H2,1H3,(H,35,36)/t21-,22-/m1/s1. The van der Waals surface area contributed by atoms with Crippen molar-refractivity contribution in [1.82, 2.24) is 19.3 Å². The molecule has 1 N–H and O–H groups in total. The molecule has 8 nitrogen and oxygen atoms in total. The average molecular weight is 529 g/mol. The molecule has 200 valence electrons. The van der Waals surface area contributed by atoms with Crippen molar-refractivity contribution in [3.8, 4) is 11.5 Å². The summed E-state index contributed by atoms with van der Waals surface area (Å²) >= 11 is 0. The topological polar surface area (TPSA) is 91.4 Å². The van der Waals surface area contributed by atoms with Gasteiger partial charge in [-0.2, -0.15) is 5.10 Å². The number of ether oxygens (including phenoxy) is 2. The van der Waals surface area contributed by atoms with Gasteiger partial charge in [-0.15, -0.1) is 13.2 Å². The molecular formula is C27H27F3N4O4. The summed E-state index contributed by atoms with van der Waals surface area (Å²) in [5, 5.41) is 14.2. The first-order valence-corrected chi connectivity index (χ1v) is 12.4. The van der Waals surface area contributed by atoms with E-state index in [-0.39, 0.29) is 18.3 Å². The smallest absolute Gasteiger partial charge is 0.487 e. The van der Waals surface area contributed by atoms with Crippen LogP contribution in [0.4, 0.5) is 13.2 Å². The Labute approximate surface area is 216 Å². The van der Waals surface area contributed by atoms with Crippen LogP contribution < -0.4 is 9.47 Å². The Balaban J connectivity index is 1.50. The molecule has 0 amide bonds.